The number of benzene rings is 1. The predicted octanol–water partition coefficient (Wildman–Crippen LogP) is 4.20. The highest BCUT2D eigenvalue weighted by molar-refractivity contribution is 6.33. The molecule has 11 heteroatoms. The molecule has 1 fully saturated rings. The number of anilines is 2. The van der Waals surface area contributed by atoms with Crippen molar-refractivity contribution in [1.82, 2.24) is 30.0 Å². The van der Waals surface area contributed by atoms with Crippen LogP contribution in [0, 0.1) is 16.7 Å². The van der Waals surface area contributed by atoms with Crippen LogP contribution in [-0.2, 0) is 4.79 Å². The quantitative estimate of drug-likeness (QED) is 0.466. The third-order valence-electron chi connectivity index (χ3n) is 6.10. The van der Waals surface area contributed by atoms with Gasteiger partial charge in [-0.3, -0.25) is 14.3 Å². The molecular formula is C26H29ClN8O2. The molecule has 1 aromatic carbocycles. The molecule has 2 amide bonds. The van der Waals surface area contributed by atoms with Gasteiger partial charge in [-0.05, 0) is 25.0 Å². The third kappa shape index (κ3) is 6.24. The number of nitrogens with zero attached hydrogens (tertiary/aromatic N) is 6. The third-order valence-corrected chi connectivity index (χ3v) is 6.37. The highest BCUT2D eigenvalue weighted by Crippen LogP contribution is 2.29. The Morgan fingerprint density at radius 2 is 1.97 bits per heavy atom. The first-order valence-corrected chi connectivity index (χ1v) is 12.4. The van der Waals surface area contributed by atoms with E-state index in [0.717, 1.165) is 18.5 Å². The Balaban J connectivity index is 1.44. The van der Waals surface area contributed by atoms with Gasteiger partial charge in [0.2, 0.25) is 11.9 Å². The minimum Gasteiger partial charge on any atom is -0.342 e. The highest BCUT2D eigenvalue weighted by Gasteiger charge is 2.31. The van der Waals surface area contributed by atoms with Crippen molar-refractivity contribution in [2.75, 3.05) is 25.0 Å². The number of hydrogen-bond acceptors (Lipinski definition) is 7. The summed E-state index contributed by atoms with van der Waals surface area (Å²) in [6, 6.07) is 8.94. The molecule has 0 spiro atoms. The summed E-state index contributed by atoms with van der Waals surface area (Å²) in [6.07, 6.45) is 6.79. The zero-order valence-electron chi connectivity index (χ0n) is 21.0. The lowest BCUT2D eigenvalue weighted by Crippen LogP contribution is -2.44. The number of nitriles is 1. The zero-order chi connectivity index (χ0) is 26.6. The highest BCUT2D eigenvalue weighted by atomic mass is 35.5. The number of carbonyl (C=O) groups is 2. The number of amides is 2. The van der Waals surface area contributed by atoms with Crippen molar-refractivity contribution in [2.45, 2.75) is 39.7 Å². The van der Waals surface area contributed by atoms with E-state index in [1.807, 2.05) is 42.6 Å². The summed E-state index contributed by atoms with van der Waals surface area (Å²) in [5.74, 6) is 0.162. The summed E-state index contributed by atoms with van der Waals surface area (Å²) < 4.78 is 1.92. The Hall–Kier alpha value is -3.97. The smallest absolute Gasteiger partial charge is 0.252 e. The Morgan fingerprint density at radius 1 is 1.22 bits per heavy atom. The second-order valence-electron chi connectivity index (χ2n) is 9.92. The van der Waals surface area contributed by atoms with Gasteiger partial charge in [0, 0.05) is 35.8 Å². The normalized spacial score (nSPS) is 14.2. The molecule has 1 saturated heterocycles. The van der Waals surface area contributed by atoms with Crippen LogP contribution >= 0.6 is 11.6 Å². The average molecular weight is 521 g/mol. The number of hydrogen-bond donors (Lipinski definition) is 2. The molecule has 37 heavy (non-hydrogen) atoms. The maximum atomic E-state index is 12.6. The number of nitrogens with one attached hydrogen (secondary N) is 2. The van der Waals surface area contributed by atoms with Gasteiger partial charge in [0.15, 0.2) is 0 Å². The van der Waals surface area contributed by atoms with E-state index in [4.69, 9.17) is 16.9 Å². The second-order valence-corrected chi connectivity index (χ2v) is 10.3. The fraction of sp³-hybridized carbons (Fsp3) is 0.385. The largest absolute Gasteiger partial charge is 0.342 e. The molecule has 0 atom stereocenters. The van der Waals surface area contributed by atoms with Gasteiger partial charge in [-0.1, -0.05) is 44.5 Å². The number of piperidine rings is 1. The lowest BCUT2D eigenvalue weighted by atomic mass is 9.93. The standard InChI is InChI=1S/C26H29ClN8O2/c1-26(2,3)24(37)34-11-7-20(8-12-34)35-16-19(14-31-35)32-25-30-15-21(27)22(33-25)17-5-4-6-18(13-17)23(36)29-10-9-28/h4-6,13-16,20H,7-8,10-12H2,1-3H3,(H,29,36)(H,30,32,33). The van der Waals surface area contributed by atoms with Crippen LogP contribution in [0.4, 0.5) is 11.6 Å². The average Bonchev–Trinajstić information content (AvgIpc) is 3.36. The van der Waals surface area contributed by atoms with Gasteiger partial charge in [0.1, 0.15) is 6.54 Å². The van der Waals surface area contributed by atoms with Gasteiger partial charge in [0.05, 0.1) is 40.9 Å². The van der Waals surface area contributed by atoms with Crippen molar-refractivity contribution >= 4 is 35.1 Å². The van der Waals surface area contributed by atoms with Crippen molar-refractivity contribution in [3.05, 3.63) is 53.4 Å². The molecule has 0 bridgehead atoms. The molecular weight excluding hydrogens is 492 g/mol. The first-order valence-electron chi connectivity index (χ1n) is 12.0. The van der Waals surface area contributed by atoms with Gasteiger partial charge >= 0.3 is 0 Å². The zero-order valence-corrected chi connectivity index (χ0v) is 21.8. The summed E-state index contributed by atoms with van der Waals surface area (Å²) in [5.41, 5.74) is 1.86. The van der Waals surface area contributed by atoms with Crippen LogP contribution in [0.5, 0.6) is 0 Å². The fourth-order valence-corrected chi connectivity index (χ4v) is 4.40. The van der Waals surface area contributed by atoms with E-state index in [1.54, 1.807) is 30.5 Å². The Morgan fingerprint density at radius 3 is 2.68 bits per heavy atom. The van der Waals surface area contributed by atoms with E-state index < -0.39 is 0 Å². The Labute approximate surface area is 220 Å². The molecule has 4 rings (SSSR count). The minimum absolute atomic E-state index is 0.0762. The lowest BCUT2D eigenvalue weighted by molar-refractivity contribution is -0.140. The van der Waals surface area contributed by atoms with Gasteiger partial charge in [-0.2, -0.15) is 10.4 Å². The van der Waals surface area contributed by atoms with Crippen molar-refractivity contribution in [1.29, 1.82) is 5.26 Å². The van der Waals surface area contributed by atoms with E-state index in [-0.39, 0.29) is 29.8 Å². The molecule has 2 aromatic heterocycles. The molecule has 0 saturated carbocycles. The van der Waals surface area contributed by atoms with E-state index in [2.05, 4.69) is 25.7 Å². The molecule has 2 N–H and O–H groups in total. The maximum absolute atomic E-state index is 12.6. The van der Waals surface area contributed by atoms with E-state index in [9.17, 15) is 9.59 Å². The number of likely N-dealkylation sites (tertiary alicyclic amines) is 1. The van der Waals surface area contributed by atoms with Crippen LogP contribution in [0.25, 0.3) is 11.3 Å². The van der Waals surface area contributed by atoms with E-state index in [1.165, 1.54) is 6.20 Å². The molecule has 10 nitrogen and oxygen atoms in total. The maximum Gasteiger partial charge on any atom is 0.252 e. The number of halogens is 1. The van der Waals surface area contributed by atoms with Gasteiger partial charge in [-0.25, -0.2) is 9.97 Å². The first-order chi connectivity index (χ1) is 17.7. The predicted molar refractivity (Wildman–Crippen MR) is 140 cm³/mol. The summed E-state index contributed by atoms with van der Waals surface area (Å²) in [6.45, 7) is 7.18. The second kappa shape index (κ2) is 11.0. The minimum atomic E-state index is -0.377. The van der Waals surface area contributed by atoms with Gasteiger partial charge in [0.25, 0.3) is 5.91 Å². The lowest BCUT2D eigenvalue weighted by Gasteiger charge is -2.35. The summed E-state index contributed by atoms with van der Waals surface area (Å²) in [7, 11) is 0. The van der Waals surface area contributed by atoms with Crippen molar-refractivity contribution in [3.63, 3.8) is 0 Å². The van der Waals surface area contributed by atoms with Crippen molar-refractivity contribution in [2.24, 2.45) is 5.41 Å². The van der Waals surface area contributed by atoms with Crippen LogP contribution in [0.3, 0.4) is 0 Å². The first kappa shape index (κ1) is 26.1. The SMILES string of the molecule is CC(C)(C)C(=O)N1CCC(n2cc(Nc3ncc(Cl)c(-c4cccc(C(=O)NCC#N)c4)n3)cn2)CC1. The van der Waals surface area contributed by atoms with Crippen LogP contribution in [0.15, 0.2) is 42.9 Å². The molecule has 3 aromatic rings. The van der Waals surface area contributed by atoms with Gasteiger partial charge < -0.3 is 15.5 Å². The van der Waals surface area contributed by atoms with E-state index >= 15 is 0 Å². The number of rotatable bonds is 6. The fourth-order valence-electron chi connectivity index (χ4n) is 4.20. The number of aromatic nitrogens is 4. The number of carbonyl (C=O) groups excluding carboxylic acids is 2. The molecule has 192 valence electrons. The molecule has 1 aliphatic rings. The van der Waals surface area contributed by atoms with Crippen molar-refractivity contribution in [3.8, 4) is 17.3 Å². The molecule has 3 heterocycles. The van der Waals surface area contributed by atoms with Crippen LogP contribution in [0.2, 0.25) is 5.02 Å². The molecule has 0 aliphatic carbocycles. The topological polar surface area (TPSA) is 129 Å². The molecule has 0 unspecified atom stereocenters. The molecule has 0 radical (unpaired) electrons. The Kier molecular flexibility index (Phi) is 7.74. The van der Waals surface area contributed by atoms with Crippen LogP contribution in [0.1, 0.15) is 50.0 Å². The summed E-state index contributed by atoms with van der Waals surface area (Å²) in [4.78, 5) is 35.6. The molecule has 1 aliphatic heterocycles. The van der Waals surface area contributed by atoms with Crippen LogP contribution in [-0.4, -0.2) is 56.1 Å². The summed E-state index contributed by atoms with van der Waals surface area (Å²) in [5, 5.41) is 19.2. The van der Waals surface area contributed by atoms with E-state index in [0.29, 0.717) is 40.9 Å². The Bertz CT molecular complexity index is 1330. The van der Waals surface area contributed by atoms with Crippen LogP contribution < -0.4 is 10.6 Å². The van der Waals surface area contributed by atoms with Gasteiger partial charge in [-0.15, -0.1) is 0 Å². The monoisotopic (exact) mass is 520 g/mol. The van der Waals surface area contributed by atoms with Crippen molar-refractivity contribution < 1.29 is 9.59 Å². The summed E-state index contributed by atoms with van der Waals surface area (Å²) >= 11 is 6.38.